The van der Waals surface area contributed by atoms with E-state index in [4.69, 9.17) is 10.5 Å². The fraction of sp³-hybridized carbons (Fsp3) is 0.167. The molecule has 0 saturated carbocycles. The van der Waals surface area contributed by atoms with Gasteiger partial charge in [0.1, 0.15) is 12.4 Å². The molecule has 3 N–H and O–H groups in total. The molecule has 1 heterocycles. The fourth-order valence-electron chi connectivity index (χ4n) is 1.35. The lowest BCUT2D eigenvalue weighted by molar-refractivity contribution is 0.328. The molecule has 0 saturated heterocycles. The Balaban J connectivity index is 2.06. The Kier molecular flexibility index (Phi) is 4.71. The summed E-state index contributed by atoms with van der Waals surface area (Å²) in [5.74, 6) is 1.34. The number of rotatable bonds is 5. The largest absolute Gasteiger partial charge is 0.492 e. The minimum Gasteiger partial charge on any atom is -0.492 e. The van der Waals surface area contributed by atoms with Gasteiger partial charge >= 0.3 is 0 Å². The molecule has 6 heteroatoms. The quantitative estimate of drug-likeness (QED) is 0.804. The van der Waals surface area contributed by atoms with Crippen LogP contribution in [0, 0.1) is 3.57 Å². The number of nitrogens with zero attached hydrogens (tertiary/aromatic N) is 2. The molecule has 0 radical (unpaired) electrons. The van der Waals surface area contributed by atoms with Crippen molar-refractivity contribution in [2.45, 2.75) is 0 Å². The van der Waals surface area contributed by atoms with Crippen LogP contribution < -0.4 is 15.8 Å². The van der Waals surface area contributed by atoms with E-state index >= 15 is 0 Å². The van der Waals surface area contributed by atoms with Crippen LogP contribution in [0.1, 0.15) is 0 Å². The molecule has 0 fully saturated rings. The normalized spacial score (nSPS) is 10.1. The van der Waals surface area contributed by atoms with Gasteiger partial charge in [0, 0.05) is 34.3 Å². The number of hydrogen-bond acceptors (Lipinski definition) is 5. The van der Waals surface area contributed by atoms with Crippen LogP contribution in [0.15, 0.2) is 36.7 Å². The number of hydrogen-bond donors (Lipinski definition) is 2. The third-order valence-corrected chi connectivity index (χ3v) is 2.65. The van der Waals surface area contributed by atoms with E-state index in [0.29, 0.717) is 19.1 Å². The maximum Gasteiger partial charge on any atom is 0.227 e. The molecule has 0 aliphatic carbocycles. The Morgan fingerprint density at radius 3 is 2.78 bits per heavy atom. The van der Waals surface area contributed by atoms with Gasteiger partial charge in [-0.2, -0.15) is 0 Å². The highest BCUT2D eigenvalue weighted by Gasteiger charge is 1.99. The second kappa shape index (κ2) is 6.50. The molecule has 18 heavy (non-hydrogen) atoms. The predicted molar refractivity (Wildman–Crippen MR) is 79.0 cm³/mol. The number of ether oxygens (including phenoxy) is 1. The van der Waals surface area contributed by atoms with Crippen molar-refractivity contribution in [3.8, 4) is 5.75 Å². The SMILES string of the molecule is NCCOc1cccc(Nc2ncc(I)cn2)c1. The molecule has 0 spiro atoms. The lowest BCUT2D eigenvalue weighted by Crippen LogP contribution is -2.10. The number of anilines is 2. The number of halogens is 1. The molecular formula is C12H13IN4O. The fourth-order valence-corrected chi connectivity index (χ4v) is 1.62. The van der Waals surface area contributed by atoms with Gasteiger partial charge in [-0.3, -0.25) is 0 Å². The summed E-state index contributed by atoms with van der Waals surface area (Å²) in [6, 6.07) is 7.60. The monoisotopic (exact) mass is 356 g/mol. The minimum absolute atomic E-state index is 0.498. The van der Waals surface area contributed by atoms with Crippen molar-refractivity contribution in [2.24, 2.45) is 5.73 Å². The van der Waals surface area contributed by atoms with E-state index in [9.17, 15) is 0 Å². The van der Waals surface area contributed by atoms with E-state index in [1.807, 2.05) is 24.3 Å². The van der Waals surface area contributed by atoms with Gasteiger partial charge in [-0.15, -0.1) is 0 Å². The average Bonchev–Trinajstić information content (AvgIpc) is 2.40. The van der Waals surface area contributed by atoms with Crippen molar-refractivity contribution in [2.75, 3.05) is 18.5 Å². The van der Waals surface area contributed by atoms with Crippen LogP contribution in [-0.2, 0) is 0 Å². The molecule has 1 aromatic heterocycles. The molecule has 94 valence electrons. The van der Waals surface area contributed by atoms with Crippen LogP contribution in [-0.4, -0.2) is 23.1 Å². The van der Waals surface area contributed by atoms with Crippen molar-refractivity contribution in [1.29, 1.82) is 0 Å². The Morgan fingerprint density at radius 1 is 1.28 bits per heavy atom. The van der Waals surface area contributed by atoms with Crippen molar-refractivity contribution in [3.63, 3.8) is 0 Å². The predicted octanol–water partition coefficient (Wildman–Crippen LogP) is 2.16. The summed E-state index contributed by atoms with van der Waals surface area (Å²) in [5, 5.41) is 3.11. The first-order chi connectivity index (χ1) is 8.78. The molecule has 0 bridgehead atoms. The lowest BCUT2D eigenvalue weighted by atomic mass is 10.3. The molecule has 0 aliphatic rings. The van der Waals surface area contributed by atoms with Gasteiger partial charge in [0.15, 0.2) is 0 Å². The van der Waals surface area contributed by atoms with E-state index in [0.717, 1.165) is 15.0 Å². The van der Waals surface area contributed by atoms with Gasteiger partial charge in [-0.25, -0.2) is 9.97 Å². The molecule has 0 aliphatic heterocycles. The summed E-state index contributed by atoms with van der Waals surface area (Å²) in [5.41, 5.74) is 6.27. The second-order valence-corrected chi connectivity index (χ2v) is 4.76. The van der Waals surface area contributed by atoms with Gasteiger partial charge in [-0.1, -0.05) is 6.07 Å². The number of benzene rings is 1. The van der Waals surface area contributed by atoms with Gasteiger partial charge in [0.25, 0.3) is 0 Å². The van der Waals surface area contributed by atoms with Crippen LogP contribution in [0.4, 0.5) is 11.6 Å². The summed E-state index contributed by atoms with van der Waals surface area (Å²) < 4.78 is 6.44. The molecular weight excluding hydrogens is 343 g/mol. The molecule has 0 unspecified atom stereocenters. The smallest absolute Gasteiger partial charge is 0.227 e. The van der Waals surface area contributed by atoms with E-state index in [1.165, 1.54) is 0 Å². The highest BCUT2D eigenvalue weighted by atomic mass is 127. The topological polar surface area (TPSA) is 73.1 Å². The van der Waals surface area contributed by atoms with Crippen LogP contribution in [0.3, 0.4) is 0 Å². The zero-order chi connectivity index (χ0) is 12.8. The summed E-state index contributed by atoms with van der Waals surface area (Å²) in [6.07, 6.45) is 3.51. The van der Waals surface area contributed by atoms with Crippen LogP contribution in [0.2, 0.25) is 0 Å². The molecule has 5 nitrogen and oxygen atoms in total. The van der Waals surface area contributed by atoms with E-state index in [2.05, 4.69) is 37.9 Å². The first-order valence-electron chi connectivity index (χ1n) is 5.45. The first kappa shape index (κ1) is 13.0. The van der Waals surface area contributed by atoms with E-state index in [-0.39, 0.29) is 0 Å². The maximum absolute atomic E-state index is 5.45. The Hall–Kier alpha value is -1.41. The van der Waals surface area contributed by atoms with Gasteiger partial charge in [0.05, 0.1) is 0 Å². The highest BCUT2D eigenvalue weighted by Crippen LogP contribution is 2.19. The zero-order valence-corrected chi connectivity index (χ0v) is 11.8. The third kappa shape index (κ3) is 3.81. The lowest BCUT2D eigenvalue weighted by Gasteiger charge is -2.08. The van der Waals surface area contributed by atoms with Crippen molar-refractivity contribution < 1.29 is 4.74 Å². The molecule has 1 aromatic carbocycles. The summed E-state index contributed by atoms with van der Waals surface area (Å²) in [7, 11) is 0. The Bertz CT molecular complexity index is 504. The summed E-state index contributed by atoms with van der Waals surface area (Å²) in [6.45, 7) is 1.00. The standard InChI is InChI=1S/C12H13IN4O/c13-9-7-15-12(16-8-9)17-10-2-1-3-11(6-10)18-5-4-14/h1-3,6-8H,4-5,14H2,(H,15,16,17). The zero-order valence-electron chi connectivity index (χ0n) is 9.64. The molecule has 0 amide bonds. The number of aromatic nitrogens is 2. The van der Waals surface area contributed by atoms with Crippen molar-refractivity contribution >= 4 is 34.2 Å². The van der Waals surface area contributed by atoms with Gasteiger partial charge in [0.2, 0.25) is 5.95 Å². The van der Waals surface area contributed by atoms with Gasteiger partial charge in [-0.05, 0) is 34.7 Å². The Labute approximate surface area is 119 Å². The third-order valence-electron chi connectivity index (χ3n) is 2.10. The van der Waals surface area contributed by atoms with Crippen LogP contribution in [0.5, 0.6) is 5.75 Å². The molecule has 2 rings (SSSR count). The maximum atomic E-state index is 5.45. The molecule has 0 atom stereocenters. The summed E-state index contributed by atoms with van der Waals surface area (Å²) in [4.78, 5) is 8.35. The van der Waals surface area contributed by atoms with Crippen molar-refractivity contribution in [1.82, 2.24) is 9.97 Å². The number of nitrogens with one attached hydrogen (secondary N) is 1. The minimum atomic E-state index is 0.498. The Morgan fingerprint density at radius 2 is 2.06 bits per heavy atom. The van der Waals surface area contributed by atoms with E-state index < -0.39 is 0 Å². The van der Waals surface area contributed by atoms with Crippen LogP contribution in [0.25, 0.3) is 0 Å². The van der Waals surface area contributed by atoms with Crippen molar-refractivity contribution in [3.05, 3.63) is 40.2 Å². The number of nitrogens with two attached hydrogens (primary N) is 1. The van der Waals surface area contributed by atoms with Gasteiger partial charge < -0.3 is 15.8 Å². The second-order valence-electron chi connectivity index (χ2n) is 3.51. The first-order valence-corrected chi connectivity index (χ1v) is 6.53. The van der Waals surface area contributed by atoms with Crippen LogP contribution >= 0.6 is 22.6 Å². The highest BCUT2D eigenvalue weighted by molar-refractivity contribution is 14.1. The average molecular weight is 356 g/mol. The van der Waals surface area contributed by atoms with E-state index in [1.54, 1.807) is 12.4 Å². The molecule has 2 aromatic rings. The summed E-state index contributed by atoms with van der Waals surface area (Å²) >= 11 is 2.16.